The second kappa shape index (κ2) is 7.87. The molecule has 0 saturated carbocycles. The van der Waals surface area contributed by atoms with Crippen LogP contribution in [0.3, 0.4) is 0 Å². The molecule has 1 amide bonds. The molecule has 0 aliphatic carbocycles. The van der Waals surface area contributed by atoms with Crippen LogP contribution in [0.15, 0.2) is 40.7 Å². The minimum Gasteiger partial charge on any atom is -0.390 e. The average molecular weight is 355 g/mol. The molecular weight excluding hydrogens is 334 g/mol. The van der Waals surface area contributed by atoms with E-state index in [1.165, 1.54) is 5.12 Å². The molecule has 3 rings (SSSR count). The molecule has 1 aliphatic heterocycles. The maximum absolute atomic E-state index is 13.1. The second-order valence-electron chi connectivity index (χ2n) is 5.95. The highest BCUT2D eigenvalue weighted by molar-refractivity contribution is 5.99. The van der Waals surface area contributed by atoms with Crippen LogP contribution < -0.4 is 5.12 Å². The van der Waals surface area contributed by atoms with Gasteiger partial charge in [0.25, 0.3) is 5.91 Å². The Bertz CT molecular complexity index is 796. The Balaban J connectivity index is 1.81. The SMILES string of the molecule is C=NN(N=C)c1ccccc1C(=O)N1CCCC(n2ncc(CO)n2)C1. The number of carbonyl (C=O) groups excluding carboxylic acids is 1. The van der Waals surface area contributed by atoms with E-state index in [1.807, 2.05) is 0 Å². The molecule has 1 N–H and O–H groups in total. The van der Waals surface area contributed by atoms with E-state index in [4.69, 9.17) is 5.11 Å². The molecule has 9 nitrogen and oxygen atoms in total. The van der Waals surface area contributed by atoms with Crippen LogP contribution in [-0.2, 0) is 6.61 Å². The van der Waals surface area contributed by atoms with Crippen molar-refractivity contribution in [2.24, 2.45) is 10.2 Å². The molecule has 1 unspecified atom stereocenters. The highest BCUT2D eigenvalue weighted by Crippen LogP contribution is 2.26. The van der Waals surface area contributed by atoms with Gasteiger partial charge in [0.15, 0.2) is 0 Å². The highest BCUT2D eigenvalue weighted by Gasteiger charge is 2.28. The summed E-state index contributed by atoms with van der Waals surface area (Å²) in [5.74, 6) is -0.114. The van der Waals surface area contributed by atoms with E-state index in [0.29, 0.717) is 30.0 Å². The molecule has 0 radical (unpaired) electrons. The van der Waals surface area contributed by atoms with Gasteiger partial charge in [-0.05, 0) is 25.0 Å². The van der Waals surface area contributed by atoms with Gasteiger partial charge in [0, 0.05) is 26.5 Å². The summed E-state index contributed by atoms with van der Waals surface area (Å²) < 4.78 is 0. The number of aliphatic hydroxyl groups excluding tert-OH is 1. The molecule has 2 heterocycles. The number of carbonyl (C=O) groups is 1. The van der Waals surface area contributed by atoms with Crippen LogP contribution in [0, 0.1) is 0 Å². The Morgan fingerprint density at radius 2 is 2.12 bits per heavy atom. The molecule has 26 heavy (non-hydrogen) atoms. The normalized spacial score (nSPS) is 17.0. The van der Waals surface area contributed by atoms with E-state index in [0.717, 1.165) is 12.8 Å². The first kappa shape index (κ1) is 17.7. The lowest BCUT2D eigenvalue weighted by molar-refractivity contribution is 0.0664. The number of hydrogen-bond acceptors (Lipinski definition) is 7. The third kappa shape index (κ3) is 3.47. The van der Waals surface area contributed by atoms with E-state index >= 15 is 0 Å². The van der Waals surface area contributed by atoms with Gasteiger partial charge in [0.05, 0.1) is 30.1 Å². The van der Waals surface area contributed by atoms with Gasteiger partial charge in [0.1, 0.15) is 5.69 Å². The van der Waals surface area contributed by atoms with E-state index < -0.39 is 0 Å². The molecule has 0 bridgehead atoms. The third-order valence-electron chi connectivity index (χ3n) is 4.35. The van der Waals surface area contributed by atoms with Crippen molar-refractivity contribution in [2.75, 3.05) is 18.2 Å². The van der Waals surface area contributed by atoms with Crippen molar-refractivity contribution in [1.82, 2.24) is 19.9 Å². The molecule has 1 aliphatic rings. The van der Waals surface area contributed by atoms with Gasteiger partial charge < -0.3 is 10.0 Å². The van der Waals surface area contributed by atoms with Crippen LogP contribution in [0.1, 0.15) is 34.9 Å². The summed E-state index contributed by atoms with van der Waals surface area (Å²) >= 11 is 0. The number of aromatic nitrogens is 3. The molecule has 0 spiro atoms. The monoisotopic (exact) mass is 355 g/mol. The van der Waals surface area contributed by atoms with Crippen LogP contribution in [0.25, 0.3) is 0 Å². The Hall–Kier alpha value is -3.07. The lowest BCUT2D eigenvalue weighted by Gasteiger charge is -2.32. The number of benzene rings is 1. The molecule has 9 heteroatoms. The van der Waals surface area contributed by atoms with Gasteiger partial charge in [-0.3, -0.25) is 4.79 Å². The van der Waals surface area contributed by atoms with Crippen molar-refractivity contribution >= 4 is 25.0 Å². The molecular formula is C17H21N7O2. The third-order valence-corrected chi connectivity index (χ3v) is 4.35. The van der Waals surface area contributed by atoms with Gasteiger partial charge in [-0.15, -0.1) is 0 Å². The van der Waals surface area contributed by atoms with Gasteiger partial charge in [0.2, 0.25) is 0 Å². The maximum atomic E-state index is 13.1. The predicted octanol–water partition coefficient (Wildman–Crippen LogP) is 1.29. The molecule has 136 valence electrons. The molecule has 1 aromatic heterocycles. The summed E-state index contributed by atoms with van der Waals surface area (Å²) in [7, 11) is 0. The van der Waals surface area contributed by atoms with E-state index in [2.05, 4.69) is 33.8 Å². The molecule has 1 aromatic carbocycles. The van der Waals surface area contributed by atoms with Crippen molar-refractivity contribution in [2.45, 2.75) is 25.5 Å². The van der Waals surface area contributed by atoms with Gasteiger partial charge >= 0.3 is 0 Å². The zero-order chi connectivity index (χ0) is 18.5. The van der Waals surface area contributed by atoms with Crippen LogP contribution in [0.5, 0.6) is 0 Å². The number of nitrogens with zero attached hydrogens (tertiary/aromatic N) is 7. The molecule has 1 saturated heterocycles. The largest absolute Gasteiger partial charge is 0.390 e. The number of likely N-dealkylation sites (tertiary alicyclic amines) is 1. The fourth-order valence-electron chi connectivity index (χ4n) is 3.08. The van der Waals surface area contributed by atoms with Gasteiger partial charge in [-0.2, -0.15) is 30.3 Å². The maximum Gasteiger partial charge on any atom is 0.256 e. The van der Waals surface area contributed by atoms with Crippen molar-refractivity contribution in [3.63, 3.8) is 0 Å². The summed E-state index contributed by atoms with van der Waals surface area (Å²) in [4.78, 5) is 16.4. The Labute approximate surface area is 151 Å². The van der Waals surface area contributed by atoms with Gasteiger partial charge in [-0.25, -0.2) is 0 Å². The summed E-state index contributed by atoms with van der Waals surface area (Å²) in [6.45, 7) is 7.92. The number of hydrogen-bond donors (Lipinski definition) is 1. The Kier molecular flexibility index (Phi) is 5.37. The number of amides is 1. The topological polar surface area (TPSA) is 99.2 Å². The van der Waals surface area contributed by atoms with Gasteiger partial charge in [-0.1, -0.05) is 12.1 Å². The Morgan fingerprint density at radius 3 is 2.81 bits per heavy atom. The summed E-state index contributed by atoms with van der Waals surface area (Å²) in [6.07, 6.45) is 3.26. The predicted molar refractivity (Wildman–Crippen MR) is 98.1 cm³/mol. The lowest BCUT2D eigenvalue weighted by atomic mass is 10.0. The molecule has 2 aromatic rings. The summed E-state index contributed by atoms with van der Waals surface area (Å²) in [5, 5.41) is 26.4. The Morgan fingerprint density at radius 1 is 1.35 bits per heavy atom. The van der Waals surface area contributed by atoms with Crippen molar-refractivity contribution < 1.29 is 9.90 Å². The van der Waals surface area contributed by atoms with Crippen LogP contribution in [-0.4, -0.2) is 57.4 Å². The van der Waals surface area contributed by atoms with Crippen LogP contribution in [0.2, 0.25) is 0 Å². The fraction of sp³-hybridized carbons (Fsp3) is 0.353. The number of anilines is 1. The first-order valence-electron chi connectivity index (χ1n) is 8.31. The first-order chi connectivity index (χ1) is 12.7. The molecule has 1 atom stereocenters. The van der Waals surface area contributed by atoms with E-state index in [-0.39, 0.29) is 18.6 Å². The molecule has 1 fully saturated rings. The minimum absolute atomic E-state index is 0.0219. The smallest absolute Gasteiger partial charge is 0.256 e. The second-order valence-corrected chi connectivity index (χ2v) is 5.95. The quantitative estimate of drug-likeness (QED) is 0.622. The highest BCUT2D eigenvalue weighted by atomic mass is 16.3. The zero-order valence-electron chi connectivity index (χ0n) is 14.4. The number of rotatable bonds is 6. The summed E-state index contributed by atoms with van der Waals surface area (Å²) in [5.41, 5.74) is 1.53. The lowest BCUT2D eigenvalue weighted by Crippen LogP contribution is -2.41. The van der Waals surface area contributed by atoms with Crippen molar-refractivity contribution in [3.8, 4) is 0 Å². The first-order valence-corrected chi connectivity index (χ1v) is 8.31. The summed E-state index contributed by atoms with van der Waals surface area (Å²) in [6, 6.07) is 7.07. The number of aliphatic hydroxyl groups is 1. The minimum atomic E-state index is -0.151. The van der Waals surface area contributed by atoms with Crippen LogP contribution in [0.4, 0.5) is 5.69 Å². The zero-order valence-corrected chi connectivity index (χ0v) is 14.4. The fourth-order valence-corrected chi connectivity index (χ4v) is 3.08. The van der Waals surface area contributed by atoms with Crippen molar-refractivity contribution in [3.05, 3.63) is 41.7 Å². The van der Waals surface area contributed by atoms with Crippen LogP contribution >= 0.6 is 0 Å². The average Bonchev–Trinajstić information content (AvgIpc) is 3.18. The van der Waals surface area contributed by atoms with E-state index in [1.54, 1.807) is 40.2 Å². The van der Waals surface area contributed by atoms with E-state index in [9.17, 15) is 4.79 Å². The van der Waals surface area contributed by atoms with Crippen molar-refractivity contribution in [1.29, 1.82) is 0 Å². The standard InChI is InChI=1S/C17H21N7O2/c1-18-24(19-2)16-8-4-3-7-15(16)17(26)22-9-5-6-14(11-22)23-20-10-13(12-25)21-23/h3-4,7-8,10,14,25H,1-2,5-6,9,11-12H2. The number of hydrazone groups is 2. The number of para-hydroxylation sites is 1. The number of piperidine rings is 1.